The zero-order chi connectivity index (χ0) is 13.8. The van der Waals surface area contributed by atoms with Crippen LogP contribution in [0.1, 0.15) is 36.8 Å². The summed E-state index contributed by atoms with van der Waals surface area (Å²) in [6.45, 7) is 6.30. The SMILES string of the molecule is COc1ccc(C(C)C(C#N)N2CCCC2)cc1C. The number of methoxy groups -OCH3 is 1. The lowest BCUT2D eigenvalue weighted by Crippen LogP contribution is -2.35. The lowest BCUT2D eigenvalue weighted by atomic mass is 9.92. The van der Waals surface area contributed by atoms with Crippen molar-refractivity contribution in [3.8, 4) is 11.8 Å². The number of ether oxygens (including phenoxy) is 1. The summed E-state index contributed by atoms with van der Waals surface area (Å²) in [5, 5.41) is 9.47. The summed E-state index contributed by atoms with van der Waals surface area (Å²) in [5.41, 5.74) is 2.35. The molecule has 3 nitrogen and oxygen atoms in total. The standard InChI is InChI=1S/C16H22N2O/c1-12-10-14(6-7-16(12)19-3)13(2)15(11-17)18-8-4-5-9-18/h6-7,10,13,15H,4-5,8-9H2,1-3H3. The van der Waals surface area contributed by atoms with Crippen LogP contribution in [-0.4, -0.2) is 31.1 Å². The van der Waals surface area contributed by atoms with E-state index < -0.39 is 0 Å². The molecule has 2 unspecified atom stereocenters. The molecule has 0 saturated carbocycles. The summed E-state index contributed by atoms with van der Waals surface area (Å²) in [6, 6.07) is 8.69. The van der Waals surface area contributed by atoms with Gasteiger partial charge in [-0.3, -0.25) is 4.90 Å². The molecule has 0 radical (unpaired) electrons. The van der Waals surface area contributed by atoms with Crippen LogP contribution < -0.4 is 4.74 Å². The van der Waals surface area contributed by atoms with Gasteiger partial charge >= 0.3 is 0 Å². The van der Waals surface area contributed by atoms with E-state index in [9.17, 15) is 5.26 Å². The summed E-state index contributed by atoms with van der Waals surface area (Å²) >= 11 is 0. The molecule has 1 aromatic carbocycles. The van der Waals surface area contributed by atoms with Gasteiger partial charge in [0, 0.05) is 5.92 Å². The van der Waals surface area contributed by atoms with E-state index >= 15 is 0 Å². The van der Waals surface area contributed by atoms with Gasteiger partial charge in [-0.15, -0.1) is 0 Å². The van der Waals surface area contributed by atoms with Crippen LogP contribution in [0.25, 0.3) is 0 Å². The predicted molar refractivity (Wildman–Crippen MR) is 76.4 cm³/mol. The smallest absolute Gasteiger partial charge is 0.121 e. The lowest BCUT2D eigenvalue weighted by molar-refractivity contribution is 0.263. The molecule has 3 heteroatoms. The Labute approximate surface area is 115 Å². The monoisotopic (exact) mass is 258 g/mol. The molecule has 0 aromatic heterocycles. The van der Waals surface area contributed by atoms with Gasteiger partial charge in [0.2, 0.25) is 0 Å². The van der Waals surface area contributed by atoms with Crippen molar-refractivity contribution in [3.05, 3.63) is 29.3 Å². The number of likely N-dealkylation sites (tertiary alicyclic amines) is 1. The third-order valence-electron chi connectivity index (χ3n) is 4.08. The van der Waals surface area contributed by atoms with E-state index in [0.717, 1.165) is 24.4 Å². The number of hydrogen-bond donors (Lipinski definition) is 0. The Morgan fingerprint density at radius 1 is 1.32 bits per heavy atom. The fraction of sp³-hybridized carbons (Fsp3) is 0.562. The number of rotatable bonds is 4. The average molecular weight is 258 g/mol. The van der Waals surface area contributed by atoms with Crippen molar-refractivity contribution in [3.63, 3.8) is 0 Å². The van der Waals surface area contributed by atoms with Gasteiger partial charge in [-0.2, -0.15) is 5.26 Å². The topological polar surface area (TPSA) is 36.3 Å². The Morgan fingerprint density at radius 2 is 2.00 bits per heavy atom. The molecule has 1 aliphatic rings. The molecule has 0 aliphatic carbocycles. The molecular formula is C16H22N2O. The van der Waals surface area contributed by atoms with Gasteiger partial charge in [0.1, 0.15) is 11.8 Å². The second-order valence-corrected chi connectivity index (χ2v) is 5.33. The number of nitrogens with zero attached hydrogens (tertiary/aromatic N) is 2. The fourth-order valence-corrected chi connectivity index (χ4v) is 2.90. The highest BCUT2D eigenvalue weighted by atomic mass is 16.5. The van der Waals surface area contributed by atoms with Crippen molar-refractivity contribution < 1.29 is 4.74 Å². The summed E-state index contributed by atoms with van der Waals surface area (Å²) in [4.78, 5) is 2.31. The van der Waals surface area contributed by atoms with Gasteiger partial charge in [0.25, 0.3) is 0 Å². The van der Waals surface area contributed by atoms with Crippen molar-refractivity contribution in [1.82, 2.24) is 4.90 Å². The van der Waals surface area contributed by atoms with Crippen molar-refractivity contribution in [1.29, 1.82) is 5.26 Å². The molecule has 0 N–H and O–H groups in total. The number of hydrogen-bond acceptors (Lipinski definition) is 3. The maximum atomic E-state index is 9.47. The first-order valence-electron chi connectivity index (χ1n) is 6.95. The van der Waals surface area contributed by atoms with E-state index in [4.69, 9.17) is 4.74 Å². The highest BCUT2D eigenvalue weighted by Gasteiger charge is 2.27. The minimum atomic E-state index is -0.0182. The van der Waals surface area contributed by atoms with E-state index in [2.05, 4.69) is 30.0 Å². The molecule has 2 atom stereocenters. The quantitative estimate of drug-likeness (QED) is 0.832. The highest BCUT2D eigenvalue weighted by molar-refractivity contribution is 5.38. The molecule has 1 aliphatic heterocycles. The molecule has 1 aromatic rings. The second-order valence-electron chi connectivity index (χ2n) is 5.33. The third kappa shape index (κ3) is 2.90. The van der Waals surface area contributed by atoms with Gasteiger partial charge in [0.15, 0.2) is 0 Å². The number of benzene rings is 1. The van der Waals surface area contributed by atoms with Crippen LogP contribution in [0.5, 0.6) is 5.75 Å². The zero-order valence-electron chi connectivity index (χ0n) is 12.0. The summed E-state index contributed by atoms with van der Waals surface area (Å²) < 4.78 is 5.29. The molecule has 0 spiro atoms. The van der Waals surface area contributed by atoms with Crippen molar-refractivity contribution in [2.45, 2.75) is 38.6 Å². The molecule has 0 amide bonds. The van der Waals surface area contributed by atoms with Gasteiger partial charge in [-0.05, 0) is 50.0 Å². The number of aryl methyl sites for hydroxylation is 1. The summed E-state index contributed by atoms with van der Waals surface area (Å²) in [6.07, 6.45) is 2.43. The molecule has 2 rings (SSSR count). The van der Waals surface area contributed by atoms with Crippen LogP contribution in [0.4, 0.5) is 0 Å². The molecule has 19 heavy (non-hydrogen) atoms. The lowest BCUT2D eigenvalue weighted by Gasteiger charge is -2.27. The highest BCUT2D eigenvalue weighted by Crippen LogP contribution is 2.29. The Hall–Kier alpha value is -1.53. The normalized spacial score (nSPS) is 18.8. The number of nitriles is 1. The molecule has 1 fully saturated rings. The Kier molecular flexibility index (Phi) is 4.44. The minimum Gasteiger partial charge on any atom is -0.496 e. The van der Waals surface area contributed by atoms with Crippen LogP contribution >= 0.6 is 0 Å². The van der Waals surface area contributed by atoms with E-state index in [1.165, 1.54) is 18.4 Å². The summed E-state index contributed by atoms with van der Waals surface area (Å²) in [5.74, 6) is 1.14. The van der Waals surface area contributed by atoms with Crippen molar-refractivity contribution in [2.75, 3.05) is 20.2 Å². The fourth-order valence-electron chi connectivity index (χ4n) is 2.90. The molecular weight excluding hydrogens is 236 g/mol. The van der Waals surface area contributed by atoms with Crippen LogP contribution in [-0.2, 0) is 0 Å². The van der Waals surface area contributed by atoms with Gasteiger partial charge in [0.05, 0.1) is 13.2 Å². The van der Waals surface area contributed by atoms with Crippen molar-refractivity contribution >= 4 is 0 Å². The van der Waals surface area contributed by atoms with E-state index in [1.54, 1.807) is 7.11 Å². The molecule has 1 heterocycles. The van der Waals surface area contributed by atoms with Crippen LogP contribution in [0.2, 0.25) is 0 Å². The maximum Gasteiger partial charge on any atom is 0.121 e. The van der Waals surface area contributed by atoms with E-state index in [1.807, 2.05) is 13.0 Å². The largest absolute Gasteiger partial charge is 0.496 e. The van der Waals surface area contributed by atoms with Crippen LogP contribution in [0.3, 0.4) is 0 Å². The van der Waals surface area contributed by atoms with E-state index in [-0.39, 0.29) is 12.0 Å². The zero-order valence-corrected chi connectivity index (χ0v) is 12.0. The predicted octanol–water partition coefficient (Wildman–Crippen LogP) is 3.10. The second kappa shape index (κ2) is 6.08. The van der Waals surface area contributed by atoms with Gasteiger partial charge < -0.3 is 4.74 Å². The Morgan fingerprint density at radius 3 is 2.53 bits per heavy atom. The minimum absolute atomic E-state index is 0.0182. The molecule has 1 saturated heterocycles. The Balaban J connectivity index is 2.19. The third-order valence-corrected chi connectivity index (χ3v) is 4.08. The maximum absolute atomic E-state index is 9.47. The van der Waals surface area contributed by atoms with E-state index in [0.29, 0.717) is 0 Å². The van der Waals surface area contributed by atoms with Crippen molar-refractivity contribution in [2.24, 2.45) is 0 Å². The summed E-state index contributed by atoms with van der Waals surface area (Å²) in [7, 11) is 1.69. The molecule has 102 valence electrons. The Bertz CT molecular complexity index is 472. The first-order chi connectivity index (χ1) is 9.17. The molecule has 0 bridgehead atoms. The van der Waals surface area contributed by atoms with Gasteiger partial charge in [-0.1, -0.05) is 19.1 Å². The van der Waals surface area contributed by atoms with Crippen LogP contribution in [0.15, 0.2) is 18.2 Å². The van der Waals surface area contributed by atoms with Gasteiger partial charge in [-0.25, -0.2) is 0 Å². The van der Waals surface area contributed by atoms with Crippen LogP contribution in [0, 0.1) is 18.3 Å². The average Bonchev–Trinajstić information content (AvgIpc) is 2.93. The first-order valence-corrected chi connectivity index (χ1v) is 6.95. The first kappa shape index (κ1) is 13.9.